The van der Waals surface area contributed by atoms with Gasteiger partial charge in [0, 0.05) is 10.8 Å². The van der Waals surface area contributed by atoms with Crippen LogP contribution in [0.4, 0.5) is 0 Å². The summed E-state index contributed by atoms with van der Waals surface area (Å²) in [7, 11) is -4.67. The van der Waals surface area contributed by atoms with Gasteiger partial charge in [0.15, 0.2) is 0 Å². The van der Waals surface area contributed by atoms with E-state index < -0.39 is 10.4 Å². The molecule has 2 aliphatic rings. The van der Waals surface area contributed by atoms with Gasteiger partial charge in [0.05, 0.1) is 9.06 Å². The topological polar surface area (TPSA) is 156 Å². The van der Waals surface area contributed by atoms with Crippen molar-refractivity contribution >= 4 is 43.8 Å². The molecule has 11 heteroatoms. The highest BCUT2D eigenvalue weighted by molar-refractivity contribution is 7.79. The molecule has 0 atom stereocenters. The van der Waals surface area contributed by atoms with Crippen LogP contribution in [0.5, 0.6) is 0 Å². The summed E-state index contributed by atoms with van der Waals surface area (Å²) in [6.07, 6.45) is 0. The van der Waals surface area contributed by atoms with Crippen LogP contribution in [0.25, 0.3) is 10.8 Å². The van der Waals surface area contributed by atoms with Crippen molar-refractivity contribution in [1.29, 1.82) is 10.5 Å². The van der Waals surface area contributed by atoms with E-state index in [4.69, 9.17) is 28.0 Å². The number of hydrogen-bond donors (Lipinski definition) is 2. The van der Waals surface area contributed by atoms with Crippen LogP contribution in [-0.4, -0.2) is 17.5 Å². The van der Waals surface area contributed by atoms with Crippen LogP contribution in [0.15, 0.2) is 33.9 Å². The number of nitrogens with zero attached hydrogens (tertiary/aromatic N) is 2. The summed E-state index contributed by atoms with van der Waals surface area (Å²) < 4.78 is 32.1. The minimum absolute atomic E-state index is 0.164. The molecule has 25 heavy (non-hydrogen) atoms. The quantitative estimate of drug-likeness (QED) is 0.543. The molecule has 0 saturated carbocycles. The summed E-state index contributed by atoms with van der Waals surface area (Å²) in [5.74, 6) is 0. The van der Waals surface area contributed by atoms with Gasteiger partial charge < -0.3 is 0 Å². The van der Waals surface area contributed by atoms with Crippen molar-refractivity contribution in [2.75, 3.05) is 0 Å². The predicted octanol–water partition coefficient (Wildman–Crippen LogP) is 1.50. The van der Waals surface area contributed by atoms with Gasteiger partial charge in [-0.15, -0.1) is 22.7 Å². The van der Waals surface area contributed by atoms with Crippen LogP contribution in [0.3, 0.4) is 0 Å². The monoisotopic (exact) mass is 394 g/mol. The van der Waals surface area contributed by atoms with Gasteiger partial charge in [-0.2, -0.15) is 18.9 Å². The molecule has 0 bridgehead atoms. The fraction of sp³-hybridized carbons (Fsp3) is 0. The summed E-state index contributed by atoms with van der Waals surface area (Å²) in [6.45, 7) is 0. The Hall–Kier alpha value is -2.67. The lowest BCUT2D eigenvalue weighted by atomic mass is 10.1. The summed E-state index contributed by atoms with van der Waals surface area (Å²) >= 11 is 1.82. The maximum absolute atomic E-state index is 12.4. The van der Waals surface area contributed by atoms with Gasteiger partial charge in [-0.25, -0.2) is 0 Å². The van der Waals surface area contributed by atoms with Crippen molar-refractivity contribution in [3.8, 4) is 12.1 Å². The van der Waals surface area contributed by atoms with Crippen LogP contribution in [0.2, 0.25) is 0 Å². The van der Waals surface area contributed by atoms with Crippen LogP contribution in [0, 0.1) is 31.7 Å². The van der Waals surface area contributed by atoms with Gasteiger partial charge in [0.2, 0.25) is 10.9 Å². The van der Waals surface area contributed by atoms with Gasteiger partial charge in [-0.1, -0.05) is 24.3 Å². The Morgan fingerprint density at radius 3 is 1.44 bits per heavy atom. The van der Waals surface area contributed by atoms with Crippen molar-refractivity contribution in [1.82, 2.24) is 0 Å². The average molecular weight is 394 g/mol. The first-order valence-electron chi connectivity index (χ1n) is 6.20. The molecule has 126 valence electrons. The van der Waals surface area contributed by atoms with E-state index >= 15 is 0 Å². The van der Waals surface area contributed by atoms with E-state index in [-0.39, 0.29) is 29.7 Å². The second-order valence-electron chi connectivity index (χ2n) is 4.40. The van der Waals surface area contributed by atoms with E-state index in [1.807, 2.05) is 12.1 Å². The van der Waals surface area contributed by atoms with Crippen molar-refractivity contribution in [2.24, 2.45) is 0 Å². The fourth-order valence-electron chi connectivity index (χ4n) is 1.96. The lowest BCUT2D eigenvalue weighted by Gasteiger charge is -1.98. The molecule has 0 unspecified atom stereocenters. The van der Waals surface area contributed by atoms with Gasteiger partial charge >= 0.3 is 10.4 Å². The normalized spacial score (nSPS) is 10.6. The summed E-state index contributed by atoms with van der Waals surface area (Å²) in [4.78, 5) is 25.1. The fourth-order valence-corrected chi connectivity index (χ4v) is 4.01. The molecule has 0 amide bonds. The zero-order valence-electron chi connectivity index (χ0n) is 12.0. The maximum atomic E-state index is 12.4. The molecule has 1 heterocycles. The summed E-state index contributed by atoms with van der Waals surface area (Å²) in [5, 5.41) is 18.7. The summed E-state index contributed by atoms with van der Waals surface area (Å²) in [5.41, 5.74) is -0.533. The van der Waals surface area contributed by atoms with Crippen molar-refractivity contribution < 1.29 is 17.5 Å². The number of fused-ring (bicyclic) bond motifs is 1. The first kappa shape index (κ1) is 18.7. The van der Waals surface area contributed by atoms with Crippen LogP contribution in [-0.2, 0) is 10.4 Å². The molecule has 0 saturated heterocycles. The third-order valence-electron chi connectivity index (χ3n) is 2.85. The van der Waals surface area contributed by atoms with Gasteiger partial charge in [0.1, 0.15) is 21.9 Å². The molecular weight excluding hydrogens is 388 g/mol. The molecule has 2 N–H and O–H groups in total. The predicted molar refractivity (Wildman–Crippen MR) is 91.1 cm³/mol. The number of rotatable bonds is 0. The van der Waals surface area contributed by atoms with Crippen LogP contribution >= 0.6 is 22.7 Å². The maximum Gasteiger partial charge on any atom is 0.394 e. The first-order valence-corrected chi connectivity index (χ1v) is 9.23. The lowest BCUT2D eigenvalue weighted by molar-refractivity contribution is 0.381. The molecule has 0 radical (unpaired) electrons. The average Bonchev–Trinajstić information content (AvgIpc) is 2.57. The highest BCUT2D eigenvalue weighted by Gasteiger charge is 2.12. The molecule has 0 fully saturated rings. The number of nitriles is 2. The molecule has 1 aromatic carbocycles. The Morgan fingerprint density at radius 1 is 0.840 bits per heavy atom. The third kappa shape index (κ3) is 4.06. The highest BCUT2D eigenvalue weighted by atomic mass is 32.3. The van der Waals surface area contributed by atoms with Crippen molar-refractivity contribution in [3.63, 3.8) is 0 Å². The smallest absolute Gasteiger partial charge is 0.288 e. The largest absolute Gasteiger partial charge is 0.394 e. The van der Waals surface area contributed by atoms with Crippen molar-refractivity contribution in [3.05, 3.63) is 63.5 Å². The van der Waals surface area contributed by atoms with Crippen molar-refractivity contribution in [2.45, 2.75) is 0 Å². The Morgan fingerprint density at radius 2 is 1.16 bits per heavy atom. The third-order valence-corrected chi connectivity index (χ3v) is 5.30. The highest BCUT2D eigenvalue weighted by Crippen LogP contribution is 2.20. The van der Waals surface area contributed by atoms with E-state index in [1.54, 1.807) is 24.3 Å². The van der Waals surface area contributed by atoms with Crippen LogP contribution in [0.1, 0.15) is 9.75 Å². The molecule has 0 aromatic heterocycles. The Kier molecular flexibility index (Phi) is 5.27. The Labute approximate surface area is 147 Å². The van der Waals surface area contributed by atoms with Gasteiger partial charge in [-0.3, -0.25) is 18.7 Å². The van der Waals surface area contributed by atoms with E-state index in [2.05, 4.69) is 0 Å². The second-order valence-corrected chi connectivity index (χ2v) is 7.33. The molecule has 1 aromatic rings. The molecule has 1 aliphatic heterocycles. The molecular formula is C14H6N2O6S3. The Bertz CT molecular complexity index is 1250. The second kappa shape index (κ2) is 7.06. The molecule has 0 spiro atoms. The zero-order chi connectivity index (χ0) is 18.8. The van der Waals surface area contributed by atoms with E-state index in [1.165, 1.54) is 0 Å². The SMILES string of the molecule is N#Cc1sc2c(=O)c3ccccc3c(=O)c=2sc1C#N.O=S(=O)(O)O. The molecule has 1 aliphatic carbocycles. The Balaban J connectivity index is 0.000000399. The molecule has 8 nitrogen and oxygen atoms in total. The van der Waals surface area contributed by atoms with Gasteiger partial charge in [0.25, 0.3) is 0 Å². The molecule has 3 rings (SSSR count). The zero-order valence-corrected chi connectivity index (χ0v) is 14.4. The standard InChI is InChI=1S/C14H4N2O2S2.H2O4S/c15-5-9-10(6-16)20-14-12(18)8-4-2-1-3-7(8)11(17)13(14)19-9;1-5(2,3)4/h1-4H;(H2,1,2,3,4). The first-order chi connectivity index (χ1) is 11.7. The van der Waals surface area contributed by atoms with Crippen LogP contribution < -0.4 is 10.9 Å². The lowest BCUT2D eigenvalue weighted by Crippen LogP contribution is -2.13. The van der Waals surface area contributed by atoms with E-state index in [0.29, 0.717) is 10.8 Å². The number of benzene rings is 1. The number of hydrogen-bond acceptors (Lipinski definition) is 8. The van der Waals surface area contributed by atoms with E-state index in [9.17, 15) is 9.59 Å². The summed E-state index contributed by atoms with van der Waals surface area (Å²) in [6, 6.07) is 10.4. The minimum Gasteiger partial charge on any atom is -0.288 e. The van der Waals surface area contributed by atoms with Gasteiger partial charge in [-0.05, 0) is 0 Å². The van der Waals surface area contributed by atoms with E-state index in [0.717, 1.165) is 22.7 Å². The minimum atomic E-state index is -4.67.